The molecule has 1 unspecified atom stereocenters. The van der Waals surface area contributed by atoms with Crippen molar-refractivity contribution in [3.63, 3.8) is 0 Å². The maximum Gasteiger partial charge on any atom is 0.123 e. The zero-order valence-electron chi connectivity index (χ0n) is 10.3. The number of benzene rings is 2. The van der Waals surface area contributed by atoms with E-state index in [1.807, 2.05) is 19.1 Å². The first-order chi connectivity index (χ1) is 9.02. The van der Waals surface area contributed by atoms with Gasteiger partial charge in [0.05, 0.1) is 11.1 Å². The quantitative estimate of drug-likeness (QED) is 0.650. The van der Waals surface area contributed by atoms with Crippen molar-refractivity contribution in [3.8, 4) is 0 Å². The normalized spacial score (nSPS) is 12.5. The van der Waals surface area contributed by atoms with Crippen molar-refractivity contribution >= 4 is 27.5 Å². The van der Waals surface area contributed by atoms with Crippen LogP contribution in [0, 0.1) is 12.7 Å². The van der Waals surface area contributed by atoms with E-state index in [9.17, 15) is 4.39 Å². The van der Waals surface area contributed by atoms with Crippen molar-refractivity contribution in [1.82, 2.24) is 5.43 Å². The summed E-state index contributed by atoms with van der Waals surface area (Å²) in [4.78, 5) is 0. The Hall–Kier alpha value is -0.940. The van der Waals surface area contributed by atoms with Gasteiger partial charge in [-0.05, 0) is 63.8 Å². The number of hydrazine groups is 1. The van der Waals surface area contributed by atoms with Crippen LogP contribution in [0.25, 0.3) is 0 Å². The van der Waals surface area contributed by atoms with Crippen molar-refractivity contribution in [2.75, 3.05) is 0 Å². The lowest BCUT2D eigenvalue weighted by molar-refractivity contribution is 0.602. The molecule has 0 saturated heterocycles. The molecule has 0 amide bonds. The summed E-state index contributed by atoms with van der Waals surface area (Å²) in [6.07, 6.45) is 0. The number of rotatable bonds is 3. The predicted octanol–water partition coefficient (Wildman–Crippen LogP) is 4.10. The molecule has 0 spiro atoms. The highest BCUT2D eigenvalue weighted by atomic mass is 79.9. The van der Waals surface area contributed by atoms with Gasteiger partial charge in [0, 0.05) is 4.47 Å². The van der Waals surface area contributed by atoms with Gasteiger partial charge in [-0.15, -0.1) is 0 Å². The summed E-state index contributed by atoms with van der Waals surface area (Å²) in [5.41, 5.74) is 5.40. The molecule has 1 atom stereocenters. The van der Waals surface area contributed by atoms with Crippen LogP contribution in [-0.2, 0) is 0 Å². The van der Waals surface area contributed by atoms with Gasteiger partial charge in [0.2, 0.25) is 0 Å². The number of hydrogen-bond acceptors (Lipinski definition) is 2. The molecule has 2 rings (SSSR count). The Kier molecular flexibility index (Phi) is 4.58. The van der Waals surface area contributed by atoms with Crippen LogP contribution in [0.15, 0.2) is 40.9 Å². The maximum atomic E-state index is 13.4. The van der Waals surface area contributed by atoms with Gasteiger partial charge in [-0.25, -0.2) is 9.82 Å². The average molecular weight is 344 g/mol. The molecule has 0 aliphatic rings. The van der Waals surface area contributed by atoms with Crippen molar-refractivity contribution in [1.29, 1.82) is 0 Å². The van der Waals surface area contributed by atoms with Gasteiger partial charge < -0.3 is 0 Å². The SMILES string of the molecule is Cc1ccc(F)cc1C(NN)c1ccc(Cl)c(Br)c1. The van der Waals surface area contributed by atoms with E-state index < -0.39 is 0 Å². The van der Waals surface area contributed by atoms with Crippen LogP contribution in [-0.4, -0.2) is 0 Å². The monoisotopic (exact) mass is 342 g/mol. The molecule has 0 heterocycles. The molecule has 0 aromatic heterocycles. The summed E-state index contributed by atoms with van der Waals surface area (Å²) in [6.45, 7) is 1.92. The molecule has 5 heteroatoms. The lowest BCUT2D eigenvalue weighted by Gasteiger charge is -2.19. The Morgan fingerprint density at radius 3 is 2.63 bits per heavy atom. The zero-order valence-corrected chi connectivity index (χ0v) is 12.6. The van der Waals surface area contributed by atoms with E-state index in [4.69, 9.17) is 17.4 Å². The molecule has 0 radical (unpaired) electrons. The molecule has 0 bridgehead atoms. The van der Waals surface area contributed by atoms with E-state index in [0.717, 1.165) is 21.2 Å². The Labute approximate surface area is 124 Å². The fourth-order valence-corrected chi connectivity index (χ4v) is 2.49. The highest BCUT2D eigenvalue weighted by Gasteiger charge is 2.16. The predicted molar refractivity (Wildman–Crippen MR) is 79.5 cm³/mol. The van der Waals surface area contributed by atoms with E-state index in [-0.39, 0.29) is 11.9 Å². The summed E-state index contributed by atoms with van der Waals surface area (Å²) in [5, 5.41) is 0.621. The topological polar surface area (TPSA) is 38.0 Å². The first-order valence-electron chi connectivity index (χ1n) is 5.70. The molecule has 0 fully saturated rings. The first kappa shape index (κ1) is 14.5. The number of nitrogens with two attached hydrogens (primary N) is 1. The van der Waals surface area contributed by atoms with Crippen molar-refractivity contribution in [2.45, 2.75) is 13.0 Å². The lowest BCUT2D eigenvalue weighted by Crippen LogP contribution is -2.29. The molecule has 19 heavy (non-hydrogen) atoms. The first-order valence-corrected chi connectivity index (χ1v) is 6.87. The van der Waals surface area contributed by atoms with Crippen molar-refractivity contribution in [2.24, 2.45) is 5.84 Å². The Morgan fingerprint density at radius 1 is 1.26 bits per heavy atom. The van der Waals surface area contributed by atoms with Gasteiger partial charge in [0.15, 0.2) is 0 Å². The fourth-order valence-electron chi connectivity index (χ4n) is 1.98. The molecule has 2 aromatic rings. The molecule has 2 nitrogen and oxygen atoms in total. The van der Waals surface area contributed by atoms with Crippen LogP contribution in [0.2, 0.25) is 5.02 Å². The molecule has 0 saturated carbocycles. The molecule has 3 N–H and O–H groups in total. The van der Waals surface area contributed by atoms with Gasteiger partial charge in [-0.3, -0.25) is 5.84 Å². The largest absolute Gasteiger partial charge is 0.271 e. The number of aryl methyl sites for hydroxylation is 1. The van der Waals surface area contributed by atoms with E-state index in [1.54, 1.807) is 12.1 Å². The third-order valence-electron chi connectivity index (χ3n) is 3.00. The third kappa shape index (κ3) is 3.15. The second-order valence-electron chi connectivity index (χ2n) is 4.27. The van der Waals surface area contributed by atoms with Crippen LogP contribution in [0.4, 0.5) is 4.39 Å². The zero-order chi connectivity index (χ0) is 14.0. The fraction of sp³-hybridized carbons (Fsp3) is 0.143. The molecule has 0 aliphatic heterocycles. The van der Waals surface area contributed by atoms with Crippen LogP contribution < -0.4 is 11.3 Å². The van der Waals surface area contributed by atoms with E-state index in [2.05, 4.69) is 21.4 Å². The summed E-state index contributed by atoms with van der Waals surface area (Å²) in [7, 11) is 0. The minimum Gasteiger partial charge on any atom is -0.271 e. The van der Waals surface area contributed by atoms with Gasteiger partial charge in [0.25, 0.3) is 0 Å². The van der Waals surface area contributed by atoms with Crippen molar-refractivity contribution < 1.29 is 4.39 Å². The van der Waals surface area contributed by atoms with E-state index >= 15 is 0 Å². The average Bonchev–Trinajstić information content (AvgIpc) is 2.38. The van der Waals surface area contributed by atoms with E-state index in [1.165, 1.54) is 12.1 Å². The third-order valence-corrected chi connectivity index (χ3v) is 4.21. The minimum atomic E-state index is -0.288. The number of halogens is 3. The van der Waals surface area contributed by atoms with Crippen LogP contribution in [0.5, 0.6) is 0 Å². The summed E-state index contributed by atoms with van der Waals surface area (Å²) >= 11 is 9.35. The highest BCUT2D eigenvalue weighted by Crippen LogP contribution is 2.30. The Bertz CT molecular complexity index is 604. The lowest BCUT2D eigenvalue weighted by atomic mass is 9.95. The Balaban J connectivity index is 2.49. The molecule has 100 valence electrons. The van der Waals surface area contributed by atoms with E-state index in [0.29, 0.717) is 5.02 Å². The Morgan fingerprint density at radius 2 is 2.00 bits per heavy atom. The summed E-state index contributed by atoms with van der Waals surface area (Å²) in [5.74, 6) is 5.34. The van der Waals surface area contributed by atoms with Crippen LogP contribution in [0.3, 0.4) is 0 Å². The second-order valence-corrected chi connectivity index (χ2v) is 5.54. The maximum absolute atomic E-state index is 13.4. The standard InChI is InChI=1S/C14H13BrClFN2/c1-8-2-4-10(17)7-11(8)14(19-18)9-3-5-13(16)12(15)6-9/h2-7,14,19H,18H2,1H3. The summed E-state index contributed by atoms with van der Waals surface area (Å²) < 4.78 is 14.2. The van der Waals surface area contributed by atoms with Gasteiger partial charge in [-0.2, -0.15) is 0 Å². The van der Waals surface area contributed by atoms with Gasteiger partial charge in [0.1, 0.15) is 5.82 Å². The van der Waals surface area contributed by atoms with Crippen molar-refractivity contribution in [3.05, 3.63) is 68.4 Å². The molecular formula is C14H13BrClFN2. The molecular weight excluding hydrogens is 331 g/mol. The number of hydrogen-bond donors (Lipinski definition) is 2. The van der Waals surface area contributed by atoms with Gasteiger partial charge >= 0.3 is 0 Å². The minimum absolute atomic E-state index is 0.283. The van der Waals surface area contributed by atoms with Gasteiger partial charge in [-0.1, -0.05) is 23.7 Å². The summed E-state index contributed by atoms with van der Waals surface area (Å²) in [6, 6.07) is 9.88. The van der Waals surface area contributed by atoms with Crippen LogP contribution >= 0.6 is 27.5 Å². The second kappa shape index (κ2) is 6.01. The highest BCUT2D eigenvalue weighted by molar-refractivity contribution is 9.10. The molecule has 0 aliphatic carbocycles. The number of nitrogens with one attached hydrogen (secondary N) is 1. The molecule has 2 aromatic carbocycles. The smallest absolute Gasteiger partial charge is 0.123 e. The van der Waals surface area contributed by atoms with Crippen LogP contribution in [0.1, 0.15) is 22.7 Å².